The van der Waals surface area contributed by atoms with Crippen LogP contribution in [0.3, 0.4) is 0 Å². The Balaban J connectivity index is 1.79. The summed E-state index contributed by atoms with van der Waals surface area (Å²) < 4.78 is 0.481. The van der Waals surface area contributed by atoms with Crippen LogP contribution in [0.15, 0.2) is 53.4 Å². The van der Waals surface area contributed by atoms with Gasteiger partial charge in [0, 0.05) is 12.1 Å². The summed E-state index contributed by atoms with van der Waals surface area (Å²) in [6.45, 7) is 2.16. The second-order valence-electron chi connectivity index (χ2n) is 6.14. The molecule has 1 aliphatic rings. The first-order valence-corrected chi connectivity index (χ1v) is 9.83. The van der Waals surface area contributed by atoms with E-state index in [0.717, 1.165) is 30.5 Å². The molecule has 1 amide bonds. The Kier molecular flexibility index (Phi) is 6.03. The van der Waals surface area contributed by atoms with Gasteiger partial charge in [0.2, 0.25) is 0 Å². The number of amides is 1. The van der Waals surface area contributed by atoms with Gasteiger partial charge in [-0.05, 0) is 54.3 Å². The van der Waals surface area contributed by atoms with Gasteiger partial charge in [0.05, 0.1) is 15.5 Å². The van der Waals surface area contributed by atoms with Crippen LogP contribution < -0.4 is 4.90 Å². The molecule has 27 heavy (non-hydrogen) atoms. The Labute approximate surface area is 167 Å². The van der Waals surface area contributed by atoms with Crippen LogP contribution in [0.2, 0.25) is 0 Å². The highest BCUT2D eigenvalue weighted by Crippen LogP contribution is 2.36. The van der Waals surface area contributed by atoms with Gasteiger partial charge in [0.25, 0.3) is 11.6 Å². The first-order valence-electron chi connectivity index (χ1n) is 8.61. The average Bonchev–Trinajstić information content (AvgIpc) is 2.94. The number of benzene rings is 2. The molecule has 7 heteroatoms. The van der Waals surface area contributed by atoms with Gasteiger partial charge in [-0.3, -0.25) is 19.8 Å². The van der Waals surface area contributed by atoms with E-state index in [1.807, 2.05) is 24.3 Å². The number of anilines is 1. The van der Waals surface area contributed by atoms with Crippen LogP contribution in [0, 0.1) is 10.1 Å². The number of nitro benzene ring substituents is 1. The SMILES string of the molecule is CCCCc1ccc(N2C(=O)/C(=C/c3ccc([N+](=O)[O-])cc3)SC2=S)cc1. The molecule has 2 aromatic carbocycles. The van der Waals surface area contributed by atoms with Crippen LogP contribution >= 0.6 is 24.0 Å². The molecule has 1 heterocycles. The monoisotopic (exact) mass is 398 g/mol. The molecule has 2 aromatic rings. The Morgan fingerprint density at radius 2 is 1.81 bits per heavy atom. The third-order valence-electron chi connectivity index (χ3n) is 4.21. The lowest BCUT2D eigenvalue weighted by atomic mass is 10.1. The molecule has 0 bridgehead atoms. The topological polar surface area (TPSA) is 63.5 Å². The molecular weight excluding hydrogens is 380 g/mol. The summed E-state index contributed by atoms with van der Waals surface area (Å²) in [4.78, 5) is 25.1. The quantitative estimate of drug-likeness (QED) is 0.284. The molecule has 0 radical (unpaired) electrons. The number of hydrogen-bond donors (Lipinski definition) is 0. The van der Waals surface area contributed by atoms with Crippen molar-refractivity contribution < 1.29 is 9.72 Å². The zero-order valence-corrected chi connectivity index (χ0v) is 16.4. The number of carbonyl (C=O) groups excluding carboxylic acids is 1. The average molecular weight is 399 g/mol. The van der Waals surface area contributed by atoms with Gasteiger partial charge in [0.1, 0.15) is 0 Å². The predicted octanol–water partition coefficient (Wildman–Crippen LogP) is 5.34. The van der Waals surface area contributed by atoms with E-state index < -0.39 is 4.92 Å². The Bertz CT molecular complexity index is 906. The van der Waals surface area contributed by atoms with Crippen molar-refractivity contribution in [2.45, 2.75) is 26.2 Å². The van der Waals surface area contributed by atoms with E-state index in [-0.39, 0.29) is 11.6 Å². The maximum absolute atomic E-state index is 12.8. The van der Waals surface area contributed by atoms with Gasteiger partial charge in [-0.1, -0.05) is 49.5 Å². The number of thioether (sulfide) groups is 1. The van der Waals surface area contributed by atoms with Crippen molar-refractivity contribution >= 4 is 51.7 Å². The molecular formula is C20H18N2O3S2. The molecule has 0 unspecified atom stereocenters. The zero-order chi connectivity index (χ0) is 19.4. The van der Waals surface area contributed by atoms with Crippen LogP contribution in [-0.2, 0) is 11.2 Å². The third-order valence-corrected chi connectivity index (χ3v) is 5.51. The molecule has 0 spiro atoms. The Hall–Kier alpha value is -2.51. The second-order valence-corrected chi connectivity index (χ2v) is 7.81. The van der Waals surface area contributed by atoms with Crippen LogP contribution in [-0.4, -0.2) is 15.2 Å². The molecule has 0 N–H and O–H groups in total. The van der Waals surface area contributed by atoms with Gasteiger partial charge >= 0.3 is 0 Å². The van der Waals surface area contributed by atoms with E-state index in [1.54, 1.807) is 18.2 Å². The minimum Gasteiger partial charge on any atom is -0.268 e. The fraction of sp³-hybridized carbons (Fsp3) is 0.200. The fourth-order valence-electron chi connectivity index (χ4n) is 2.73. The van der Waals surface area contributed by atoms with Gasteiger partial charge in [-0.25, -0.2) is 0 Å². The lowest BCUT2D eigenvalue weighted by Gasteiger charge is -2.15. The van der Waals surface area contributed by atoms with Gasteiger partial charge < -0.3 is 0 Å². The third kappa shape index (κ3) is 4.43. The summed E-state index contributed by atoms with van der Waals surface area (Å²) in [6, 6.07) is 14.0. The number of nitrogens with zero attached hydrogens (tertiary/aromatic N) is 2. The van der Waals surface area contributed by atoms with Crippen molar-refractivity contribution in [3.8, 4) is 0 Å². The zero-order valence-electron chi connectivity index (χ0n) is 14.8. The molecule has 0 aliphatic carbocycles. The fourth-order valence-corrected chi connectivity index (χ4v) is 4.03. The molecule has 5 nitrogen and oxygen atoms in total. The summed E-state index contributed by atoms with van der Waals surface area (Å²) in [6.07, 6.45) is 5.01. The number of rotatable bonds is 6. The minimum atomic E-state index is -0.451. The molecule has 0 atom stereocenters. The van der Waals surface area contributed by atoms with Gasteiger partial charge in [-0.2, -0.15) is 0 Å². The van der Waals surface area contributed by atoms with Crippen LogP contribution in [0.25, 0.3) is 6.08 Å². The van der Waals surface area contributed by atoms with E-state index in [1.165, 1.54) is 34.4 Å². The molecule has 3 rings (SSSR count). The summed E-state index contributed by atoms with van der Waals surface area (Å²) in [5, 5.41) is 10.7. The maximum atomic E-state index is 12.8. The van der Waals surface area contributed by atoms with Crippen LogP contribution in [0.1, 0.15) is 30.9 Å². The molecule has 0 aromatic heterocycles. The summed E-state index contributed by atoms with van der Waals surface area (Å²) >= 11 is 6.62. The number of aryl methyl sites for hydroxylation is 1. The van der Waals surface area contributed by atoms with Crippen LogP contribution in [0.4, 0.5) is 11.4 Å². The first-order chi connectivity index (χ1) is 13.0. The summed E-state index contributed by atoms with van der Waals surface area (Å²) in [7, 11) is 0. The van der Waals surface area contributed by atoms with E-state index in [9.17, 15) is 14.9 Å². The van der Waals surface area contributed by atoms with Gasteiger partial charge in [0.15, 0.2) is 4.32 Å². The van der Waals surface area contributed by atoms with E-state index in [4.69, 9.17) is 12.2 Å². The molecule has 138 valence electrons. The molecule has 0 saturated carbocycles. The highest BCUT2D eigenvalue weighted by atomic mass is 32.2. The number of unbranched alkanes of at least 4 members (excludes halogenated alkanes) is 1. The molecule has 1 aliphatic heterocycles. The second kappa shape index (κ2) is 8.45. The number of hydrogen-bond acceptors (Lipinski definition) is 5. The predicted molar refractivity (Wildman–Crippen MR) is 114 cm³/mol. The number of nitro groups is 1. The lowest BCUT2D eigenvalue weighted by molar-refractivity contribution is -0.384. The van der Waals surface area contributed by atoms with Crippen molar-refractivity contribution in [3.05, 3.63) is 74.7 Å². The van der Waals surface area contributed by atoms with Gasteiger partial charge in [-0.15, -0.1) is 0 Å². The molecule has 1 fully saturated rings. The summed E-state index contributed by atoms with van der Waals surface area (Å²) in [5.41, 5.74) is 2.73. The number of non-ortho nitro benzene ring substituents is 1. The maximum Gasteiger partial charge on any atom is 0.270 e. The largest absolute Gasteiger partial charge is 0.270 e. The number of carbonyl (C=O) groups is 1. The van der Waals surface area contributed by atoms with Crippen molar-refractivity contribution in [2.75, 3.05) is 4.90 Å². The molecule has 1 saturated heterocycles. The lowest BCUT2D eigenvalue weighted by Crippen LogP contribution is -2.27. The van der Waals surface area contributed by atoms with E-state index in [2.05, 4.69) is 6.92 Å². The standard InChI is InChI=1S/C20H18N2O3S2/c1-2-3-4-14-5-9-16(10-6-14)21-19(23)18(27-20(21)26)13-15-7-11-17(12-8-15)22(24)25/h5-13H,2-4H2,1H3/b18-13-. The summed E-state index contributed by atoms with van der Waals surface area (Å²) in [5.74, 6) is -0.176. The van der Waals surface area contributed by atoms with E-state index in [0.29, 0.717) is 9.23 Å². The Morgan fingerprint density at radius 3 is 2.41 bits per heavy atom. The highest BCUT2D eigenvalue weighted by molar-refractivity contribution is 8.27. The normalized spacial score (nSPS) is 15.6. The van der Waals surface area contributed by atoms with Crippen LogP contribution in [0.5, 0.6) is 0 Å². The highest BCUT2D eigenvalue weighted by Gasteiger charge is 2.33. The number of thiocarbonyl (C=S) groups is 1. The van der Waals surface area contributed by atoms with E-state index >= 15 is 0 Å². The first kappa shape index (κ1) is 19.3. The van der Waals surface area contributed by atoms with Crippen molar-refractivity contribution in [1.82, 2.24) is 0 Å². The van der Waals surface area contributed by atoms with Crippen molar-refractivity contribution in [1.29, 1.82) is 0 Å². The van der Waals surface area contributed by atoms with Crippen molar-refractivity contribution in [3.63, 3.8) is 0 Å². The minimum absolute atomic E-state index is 0.0165. The smallest absolute Gasteiger partial charge is 0.268 e. The van der Waals surface area contributed by atoms with Crippen molar-refractivity contribution in [2.24, 2.45) is 0 Å². The Morgan fingerprint density at radius 1 is 1.15 bits per heavy atom.